The van der Waals surface area contributed by atoms with Crippen LogP contribution in [0.4, 0.5) is 0 Å². The molecule has 0 aromatic rings. The number of hydrogen-bond acceptors (Lipinski definition) is 2. The Labute approximate surface area is 68.0 Å². The smallest absolute Gasteiger partial charge is 0.130 e. The maximum Gasteiger partial charge on any atom is 0.130 e. The molecule has 0 aliphatic heterocycles. The van der Waals surface area contributed by atoms with E-state index in [1.807, 2.05) is 13.8 Å². The number of rotatable bonds is 5. The second kappa shape index (κ2) is 5.05. The fourth-order valence-corrected chi connectivity index (χ4v) is 1.26. The molecule has 0 saturated heterocycles. The van der Waals surface area contributed by atoms with Gasteiger partial charge in [0.2, 0.25) is 0 Å². The van der Waals surface area contributed by atoms with Crippen LogP contribution in [0.3, 0.4) is 0 Å². The van der Waals surface area contributed by atoms with Gasteiger partial charge in [0.05, 0.1) is 0 Å². The summed E-state index contributed by atoms with van der Waals surface area (Å²) in [7, 11) is 0. The third-order valence-corrected chi connectivity index (χ3v) is 1.64. The first-order valence-electron chi connectivity index (χ1n) is 4.01. The number of aldehydes is 1. The molecule has 0 aromatic heterocycles. The van der Waals surface area contributed by atoms with Gasteiger partial charge in [-0.3, -0.25) is 0 Å². The van der Waals surface area contributed by atoms with Crippen LogP contribution in [-0.4, -0.2) is 12.1 Å². The number of carbonyl (C=O) groups is 2. The molecular formula is C9H16O2. The highest BCUT2D eigenvalue weighted by molar-refractivity contribution is 5.75. The van der Waals surface area contributed by atoms with Gasteiger partial charge in [0.25, 0.3) is 0 Å². The van der Waals surface area contributed by atoms with Gasteiger partial charge in [-0.15, -0.1) is 0 Å². The summed E-state index contributed by atoms with van der Waals surface area (Å²) in [5.41, 5.74) is 0. The van der Waals surface area contributed by atoms with E-state index in [9.17, 15) is 9.59 Å². The molecule has 0 rings (SSSR count). The predicted octanol–water partition coefficient (Wildman–Crippen LogP) is 1.83. The fraction of sp³-hybridized carbons (Fsp3) is 0.778. The minimum Gasteiger partial charge on any atom is -0.303 e. The van der Waals surface area contributed by atoms with Gasteiger partial charge in [-0.1, -0.05) is 13.8 Å². The van der Waals surface area contributed by atoms with Crippen LogP contribution in [0.1, 0.15) is 33.6 Å². The van der Waals surface area contributed by atoms with Gasteiger partial charge in [0.15, 0.2) is 0 Å². The molecule has 0 bridgehead atoms. The Morgan fingerprint density at radius 2 is 2.00 bits per heavy atom. The lowest BCUT2D eigenvalue weighted by Gasteiger charge is -2.10. The summed E-state index contributed by atoms with van der Waals surface area (Å²) < 4.78 is 0. The van der Waals surface area contributed by atoms with Gasteiger partial charge in [-0.2, -0.15) is 0 Å². The van der Waals surface area contributed by atoms with Crippen LogP contribution in [0.15, 0.2) is 0 Å². The topological polar surface area (TPSA) is 34.1 Å². The van der Waals surface area contributed by atoms with Crippen molar-refractivity contribution in [1.29, 1.82) is 0 Å². The highest BCUT2D eigenvalue weighted by atomic mass is 16.1. The molecule has 0 fully saturated rings. The summed E-state index contributed by atoms with van der Waals surface area (Å²) in [6.07, 6.45) is 2.36. The van der Waals surface area contributed by atoms with Crippen molar-refractivity contribution < 1.29 is 9.59 Å². The Kier molecular flexibility index (Phi) is 4.75. The van der Waals surface area contributed by atoms with Crippen molar-refractivity contribution in [2.24, 2.45) is 11.8 Å². The molecule has 0 aliphatic carbocycles. The maximum absolute atomic E-state index is 10.6. The summed E-state index contributed by atoms with van der Waals surface area (Å²) in [5, 5.41) is 0. The Morgan fingerprint density at radius 3 is 2.36 bits per heavy atom. The molecule has 2 heteroatoms. The Balaban J connectivity index is 3.59. The SMILES string of the molecule is CC(=O)C[C@@H](C)C[C@@H](C)C=O. The van der Waals surface area contributed by atoms with E-state index in [0.717, 1.165) is 12.7 Å². The number of hydrogen-bond donors (Lipinski definition) is 0. The zero-order chi connectivity index (χ0) is 8.85. The lowest BCUT2D eigenvalue weighted by Crippen LogP contribution is -2.07. The third-order valence-electron chi connectivity index (χ3n) is 1.64. The van der Waals surface area contributed by atoms with Crippen LogP contribution in [0, 0.1) is 11.8 Å². The van der Waals surface area contributed by atoms with Crippen molar-refractivity contribution >= 4 is 12.1 Å². The first kappa shape index (κ1) is 10.3. The molecule has 2 atom stereocenters. The van der Waals surface area contributed by atoms with Gasteiger partial charge in [-0.05, 0) is 19.3 Å². The molecule has 0 amide bonds. The summed E-state index contributed by atoms with van der Waals surface area (Å²) in [6, 6.07) is 0. The summed E-state index contributed by atoms with van der Waals surface area (Å²) in [6.45, 7) is 5.47. The van der Waals surface area contributed by atoms with E-state index in [-0.39, 0.29) is 11.7 Å². The number of carbonyl (C=O) groups excluding carboxylic acids is 2. The summed E-state index contributed by atoms with van der Waals surface area (Å²) in [5.74, 6) is 0.632. The third kappa shape index (κ3) is 5.77. The molecular weight excluding hydrogens is 140 g/mol. The average Bonchev–Trinajstić information content (AvgIpc) is 1.85. The van der Waals surface area contributed by atoms with Crippen molar-refractivity contribution in [3.63, 3.8) is 0 Å². The van der Waals surface area contributed by atoms with Crippen LogP contribution < -0.4 is 0 Å². The number of Topliss-reactive ketones (excluding diaryl/α,β-unsaturated/α-hetero) is 1. The van der Waals surface area contributed by atoms with E-state index < -0.39 is 0 Å². The minimum atomic E-state index is 0.0874. The quantitative estimate of drug-likeness (QED) is 0.569. The molecule has 0 spiro atoms. The molecule has 2 nitrogen and oxygen atoms in total. The standard InChI is InChI=1S/C9H16O2/c1-7(5-9(3)11)4-8(2)6-10/h6-8H,4-5H2,1-3H3/t7-,8+/m0/s1. The molecule has 0 unspecified atom stereocenters. The van der Waals surface area contributed by atoms with Crippen molar-refractivity contribution in [3.8, 4) is 0 Å². The van der Waals surface area contributed by atoms with E-state index in [0.29, 0.717) is 12.3 Å². The van der Waals surface area contributed by atoms with Crippen molar-refractivity contribution in [2.45, 2.75) is 33.6 Å². The van der Waals surface area contributed by atoms with Crippen molar-refractivity contribution in [1.82, 2.24) is 0 Å². The van der Waals surface area contributed by atoms with Gasteiger partial charge in [-0.25, -0.2) is 0 Å². The first-order chi connectivity index (χ1) is 5.06. The predicted molar refractivity (Wildman–Crippen MR) is 44.3 cm³/mol. The highest BCUT2D eigenvalue weighted by Crippen LogP contribution is 2.13. The molecule has 0 heterocycles. The molecule has 0 radical (unpaired) electrons. The first-order valence-corrected chi connectivity index (χ1v) is 4.01. The van der Waals surface area contributed by atoms with E-state index in [2.05, 4.69) is 0 Å². The fourth-order valence-electron chi connectivity index (χ4n) is 1.26. The average molecular weight is 156 g/mol. The monoisotopic (exact) mass is 156 g/mol. The van der Waals surface area contributed by atoms with Crippen molar-refractivity contribution in [3.05, 3.63) is 0 Å². The zero-order valence-electron chi connectivity index (χ0n) is 7.46. The van der Waals surface area contributed by atoms with Crippen LogP contribution >= 0.6 is 0 Å². The maximum atomic E-state index is 10.6. The van der Waals surface area contributed by atoms with E-state index >= 15 is 0 Å². The second-order valence-electron chi connectivity index (χ2n) is 3.36. The Bertz CT molecular complexity index is 140. The largest absolute Gasteiger partial charge is 0.303 e. The van der Waals surface area contributed by atoms with Gasteiger partial charge < -0.3 is 9.59 Å². The van der Waals surface area contributed by atoms with Gasteiger partial charge in [0.1, 0.15) is 12.1 Å². The van der Waals surface area contributed by atoms with Crippen molar-refractivity contribution in [2.75, 3.05) is 0 Å². The van der Waals surface area contributed by atoms with E-state index in [1.165, 1.54) is 0 Å². The summed E-state index contributed by atoms with van der Waals surface area (Å²) >= 11 is 0. The Hall–Kier alpha value is -0.660. The van der Waals surface area contributed by atoms with Crippen LogP contribution in [0.25, 0.3) is 0 Å². The lowest BCUT2D eigenvalue weighted by molar-refractivity contribution is -0.118. The molecule has 0 saturated carbocycles. The summed E-state index contributed by atoms with van der Waals surface area (Å²) in [4.78, 5) is 20.9. The minimum absolute atomic E-state index is 0.0874. The normalized spacial score (nSPS) is 15.5. The van der Waals surface area contributed by atoms with Gasteiger partial charge in [0, 0.05) is 12.3 Å². The molecule has 64 valence electrons. The highest BCUT2D eigenvalue weighted by Gasteiger charge is 2.09. The van der Waals surface area contributed by atoms with Gasteiger partial charge >= 0.3 is 0 Å². The second-order valence-corrected chi connectivity index (χ2v) is 3.36. The molecule has 0 aromatic carbocycles. The van der Waals surface area contributed by atoms with Crippen LogP contribution in [-0.2, 0) is 9.59 Å². The van der Waals surface area contributed by atoms with Crippen LogP contribution in [0.2, 0.25) is 0 Å². The lowest BCUT2D eigenvalue weighted by atomic mass is 9.94. The number of ketones is 1. The molecule has 11 heavy (non-hydrogen) atoms. The van der Waals surface area contributed by atoms with Crippen LogP contribution in [0.5, 0.6) is 0 Å². The van der Waals surface area contributed by atoms with E-state index in [4.69, 9.17) is 0 Å². The Morgan fingerprint density at radius 1 is 1.45 bits per heavy atom. The zero-order valence-corrected chi connectivity index (χ0v) is 7.46. The molecule has 0 aliphatic rings. The van der Waals surface area contributed by atoms with E-state index in [1.54, 1.807) is 6.92 Å². The molecule has 0 N–H and O–H groups in total.